The van der Waals surface area contributed by atoms with E-state index in [0.29, 0.717) is 6.54 Å². The number of hydrogen-bond donors (Lipinski definition) is 2. The second-order valence-electron chi connectivity index (χ2n) is 1.86. The van der Waals surface area contributed by atoms with Gasteiger partial charge in [-0.3, -0.25) is 0 Å². The zero-order chi connectivity index (χ0) is 6.69. The SMILES string of the molecule is Cl.NCC(N)c1ccco1. The van der Waals surface area contributed by atoms with Crippen LogP contribution in [0.1, 0.15) is 11.8 Å². The molecule has 0 amide bonds. The first kappa shape index (κ1) is 9.49. The number of furan rings is 1. The smallest absolute Gasteiger partial charge is 0.121 e. The zero-order valence-electron chi connectivity index (χ0n) is 5.49. The molecule has 0 aliphatic heterocycles. The van der Waals surface area contributed by atoms with E-state index >= 15 is 0 Å². The standard InChI is InChI=1S/C6H10N2O.ClH/c7-4-5(8)6-2-1-3-9-6;/h1-3,5H,4,7-8H2;1H. The monoisotopic (exact) mass is 162 g/mol. The molecule has 0 aliphatic rings. The summed E-state index contributed by atoms with van der Waals surface area (Å²) in [5.74, 6) is 0.748. The van der Waals surface area contributed by atoms with Crippen molar-refractivity contribution in [3.63, 3.8) is 0 Å². The molecule has 0 fully saturated rings. The Morgan fingerprint density at radius 1 is 1.60 bits per heavy atom. The van der Waals surface area contributed by atoms with Crippen molar-refractivity contribution in [1.29, 1.82) is 0 Å². The van der Waals surface area contributed by atoms with Gasteiger partial charge in [-0.05, 0) is 12.1 Å². The summed E-state index contributed by atoms with van der Waals surface area (Å²) in [6.45, 7) is 0.424. The van der Waals surface area contributed by atoms with Crippen LogP contribution in [-0.4, -0.2) is 6.54 Å². The maximum absolute atomic E-state index is 5.52. The molecule has 1 aromatic heterocycles. The van der Waals surface area contributed by atoms with E-state index < -0.39 is 0 Å². The topological polar surface area (TPSA) is 65.2 Å². The number of rotatable bonds is 2. The maximum atomic E-state index is 5.52. The summed E-state index contributed by atoms with van der Waals surface area (Å²) in [4.78, 5) is 0. The zero-order valence-corrected chi connectivity index (χ0v) is 6.30. The van der Waals surface area contributed by atoms with Crippen LogP contribution in [0.15, 0.2) is 22.8 Å². The molecule has 0 bridgehead atoms. The van der Waals surface area contributed by atoms with Crippen molar-refractivity contribution in [2.75, 3.05) is 6.54 Å². The fourth-order valence-electron chi connectivity index (χ4n) is 0.618. The first-order valence-corrected chi connectivity index (χ1v) is 2.83. The summed E-state index contributed by atoms with van der Waals surface area (Å²) >= 11 is 0. The maximum Gasteiger partial charge on any atom is 0.121 e. The number of halogens is 1. The molecular formula is C6H11ClN2O. The molecule has 0 spiro atoms. The highest BCUT2D eigenvalue weighted by atomic mass is 35.5. The summed E-state index contributed by atoms with van der Waals surface area (Å²) in [6.07, 6.45) is 1.59. The number of hydrogen-bond acceptors (Lipinski definition) is 3. The van der Waals surface area contributed by atoms with E-state index in [1.807, 2.05) is 6.07 Å². The van der Waals surface area contributed by atoms with Crippen LogP contribution >= 0.6 is 12.4 Å². The Hall–Kier alpha value is -0.510. The van der Waals surface area contributed by atoms with E-state index in [-0.39, 0.29) is 18.4 Å². The first-order valence-electron chi connectivity index (χ1n) is 2.83. The van der Waals surface area contributed by atoms with Crippen LogP contribution in [0.3, 0.4) is 0 Å². The summed E-state index contributed by atoms with van der Waals surface area (Å²) in [6, 6.07) is 3.46. The molecule has 0 aliphatic carbocycles. The van der Waals surface area contributed by atoms with E-state index in [1.165, 1.54) is 0 Å². The second-order valence-corrected chi connectivity index (χ2v) is 1.86. The predicted octanol–water partition coefficient (Wildman–Crippen LogP) is 0.660. The Bertz CT molecular complexity index is 164. The molecule has 1 heterocycles. The fourth-order valence-corrected chi connectivity index (χ4v) is 0.618. The van der Waals surface area contributed by atoms with Gasteiger partial charge in [0, 0.05) is 6.54 Å². The molecule has 1 aromatic rings. The minimum Gasteiger partial charge on any atom is -0.468 e. The summed E-state index contributed by atoms with van der Waals surface area (Å²) in [7, 11) is 0. The van der Waals surface area contributed by atoms with Crippen molar-refractivity contribution in [1.82, 2.24) is 0 Å². The second kappa shape index (κ2) is 4.33. The van der Waals surface area contributed by atoms with Gasteiger partial charge in [0.1, 0.15) is 5.76 Å². The van der Waals surface area contributed by atoms with Crippen molar-refractivity contribution in [3.05, 3.63) is 24.2 Å². The van der Waals surface area contributed by atoms with Crippen LogP contribution in [0.4, 0.5) is 0 Å². The molecule has 3 nitrogen and oxygen atoms in total. The highest BCUT2D eigenvalue weighted by Crippen LogP contribution is 2.07. The molecular weight excluding hydrogens is 152 g/mol. The van der Waals surface area contributed by atoms with Gasteiger partial charge in [0.15, 0.2) is 0 Å². The Balaban J connectivity index is 0.000000810. The van der Waals surface area contributed by atoms with Crippen molar-refractivity contribution in [2.45, 2.75) is 6.04 Å². The third-order valence-corrected chi connectivity index (χ3v) is 1.16. The van der Waals surface area contributed by atoms with E-state index in [2.05, 4.69) is 0 Å². The van der Waals surface area contributed by atoms with Crippen LogP contribution < -0.4 is 11.5 Å². The van der Waals surface area contributed by atoms with Crippen molar-refractivity contribution >= 4 is 12.4 Å². The summed E-state index contributed by atoms with van der Waals surface area (Å²) in [5, 5.41) is 0. The van der Waals surface area contributed by atoms with E-state index in [9.17, 15) is 0 Å². The van der Waals surface area contributed by atoms with Crippen LogP contribution in [0.2, 0.25) is 0 Å². The molecule has 58 valence electrons. The Kier molecular flexibility index (Phi) is 4.11. The Morgan fingerprint density at radius 3 is 2.70 bits per heavy atom. The molecule has 4 N–H and O–H groups in total. The lowest BCUT2D eigenvalue weighted by Gasteiger charge is -2.01. The lowest BCUT2D eigenvalue weighted by atomic mass is 10.2. The minimum absolute atomic E-state index is 0. The quantitative estimate of drug-likeness (QED) is 0.672. The highest BCUT2D eigenvalue weighted by molar-refractivity contribution is 5.85. The first-order chi connectivity index (χ1) is 4.34. The minimum atomic E-state index is -0.153. The average molecular weight is 163 g/mol. The van der Waals surface area contributed by atoms with E-state index in [1.54, 1.807) is 12.3 Å². The number of nitrogens with two attached hydrogens (primary N) is 2. The van der Waals surface area contributed by atoms with Crippen LogP contribution in [0, 0.1) is 0 Å². The average Bonchev–Trinajstić information content (AvgIpc) is 2.37. The van der Waals surface area contributed by atoms with Gasteiger partial charge < -0.3 is 15.9 Å². The van der Waals surface area contributed by atoms with Crippen molar-refractivity contribution in [2.24, 2.45) is 11.5 Å². The molecule has 0 radical (unpaired) electrons. The molecule has 0 saturated heterocycles. The summed E-state index contributed by atoms with van der Waals surface area (Å²) < 4.78 is 4.98. The highest BCUT2D eigenvalue weighted by Gasteiger charge is 2.03. The molecule has 10 heavy (non-hydrogen) atoms. The largest absolute Gasteiger partial charge is 0.468 e. The van der Waals surface area contributed by atoms with Gasteiger partial charge >= 0.3 is 0 Å². The van der Waals surface area contributed by atoms with Gasteiger partial charge in [0.2, 0.25) is 0 Å². The van der Waals surface area contributed by atoms with Gasteiger partial charge in [0.25, 0.3) is 0 Å². The lowest BCUT2D eigenvalue weighted by molar-refractivity contribution is 0.469. The van der Waals surface area contributed by atoms with Gasteiger partial charge in [-0.25, -0.2) is 0 Å². The fraction of sp³-hybridized carbons (Fsp3) is 0.333. The third-order valence-electron chi connectivity index (χ3n) is 1.16. The molecule has 0 aromatic carbocycles. The van der Waals surface area contributed by atoms with Gasteiger partial charge in [-0.2, -0.15) is 0 Å². The van der Waals surface area contributed by atoms with Crippen LogP contribution in [-0.2, 0) is 0 Å². The van der Waals surface area contributed by atoms with Crippen LogP contribution in [0.25, 0.3) is 0 Å². The van der Waals surface area contributed by atoms with Gasteiger partial charge in [-0.15, -0.1) is 12.4 Å². The van der Waals surface area contributed by atoms with E-state index in [0.717, 1.165) is 5.76 Å². The van der Waals surface area contributed by atoms with E-state index in [4.69, 9.17) is 15.9 Å². The third kappa shape index (κ3) is 2.02. The molecule has 1 atom stereocenters. The normalized spacial score (nSPS) is 12.2. The van der Waals surface area contributed by atoms with Gasteiger partial charge in [-0.1, -0.05) is 0 Å². The van der Waals surface area contributed by atoms with Crippen molar-refractivity contribution in [3.8, 4) is 0 Å². The predicted molar refractivity (Wildman–Crippen MR) is 41.9 cm³/mol. The molecule has 1 rings (SSSR count). The molecule has 4 heteroatoms. The Labute approximate surface area is 65.8 Å². The Morgan fingerprint density at radius 2 is 2.30 bits per heavy atom. The van der Waals surface area contributed by atoms with Gasteiger partial charge in [0.05, 0.1) is 12.3 Å². The summed E-state index contributed by atoms with van der Waals surface area (Å²) in [5.41, 5.74) is 10.8. The van der Waals surface area contributed by atoms with Crippen LogP contribution in [0.5, 0.6) is 0 Å². The molecule has 1 unspecified atom stereocenters. The lowest BCUT2D eigenvalue weighted by Crippen LogP contribution is -2.19. The van der Waals surface area contributed by atoms with Crippen molar-refractivity contribution < 1.29 is 4.42 Å². The molecule has 0 saturated carbocycles.